The molecule has 0 saturated heterocycles. The average Bonchev–Trinajstić information content (AvgIpc) is 2.04. The molecular formula is C11H20OS. The largest absolute Gasteiger partial charge is 0.385 e. The molecule has 0 aromatic rings. The highest BCUT2D eigenvalue weighted by Gasteiger charge is 2.22. The molecule has 1 nitrogen and oxygen atoms in total. The molecule has 1 saturated carbocycles. The van der Waals surface area contributed by atoms with Crippen LogP contribution in [0.3, 0.4) is 0 Å². The fourth-order valence-corrected chi connectivity index (χ4v) is 2.79. The molecule has 1 fully saturated rings. The van der Waals surface area contributed by atoms with Gasteiger partial charge < -0.3 is 5.11 Å². The van der Waals surface area contributed by atoms with Crippen molar-refractivity contribution in [2.75, 3.05) is 0 Å². The van der Waals surface area contributed by atoms with E-state index in [1.54, 1.807) is 11.8 Å². The van der Waals surface area contributed by atoms with Crippen molar-refractivity contribution in [3.05, 3.63) is 11.5 Å². The lowest BCUT2D eigenvalue weighted by atomic mass is 10.0. The van der Waals surface area contributed by atoms with E-state index in [9.17, 15) is 5.11 Å². The average molecular weight is 200 g/mol. The van der Waals surface area contributed by atoms with E-state index >= 15 is 0 Å². The van der Waals surface area contributed by atoms with Gasteiger partial charge in [-0.25, -0.2) is 0 Å². The van der Waals surface area contributed by atoms with Gasteiger partial charge in [0.15, 0.2) is 0 Å². The van der Waals surface area contributed by atoms with Crippen LogP contribution >= 0.6 is 11.8 Å². The Morgan fingerprint density at radius 3 is 2.31 bits per heavy atom. The minimum Gasteiger partial charge on any atom is -0.385 e. The third kappa shape index (κ3) is 3.74. The maximum atomic E-state index is 9.70. The van der Waals surface area contributed by atoms with E-state index in [4.69, 9.17) is 0 Å². The first kappa shape index (κ1) is 11.1. The van der Waals surface area contributed by atoms with Crippen LogP contribution in [0, 0.1) is 0 Å². The van der Waals surface area contributed by atoms with Crippen LogP contribution in [-0.2, 0) is 0 Å². The minimum absolute atomic E-state index is 0.702. The predicted molar refractivity (Wildman–Crippen MR) is 59.9 cm³/mol. The molecule has 0 unspecified atom stereocenters. The summed E-state index contributed by atoms with van der Waals surface area (Å²) in [5.41, 5.74) is -0.720. The Morgan fingerprint density at radius 2 is 1.85 bits per heavy atom. The van der Waals surface area contributed by atoms with Gasteiger partial charge in [0.2, 0.25) is 0 Å². The second-order valence-electron chi connectivity index (χ2n) is 4.36. The number of aliphatic hydroxyl groups is 1. The Morgan fingerprint density at radius 1 is 1.31 bits per heavy atom. The predicted octanol–water partition coefficient (Wildman–Crippen LogP) is 3.34. The molecule has 0 heterocycles. The molecule has 1 aliphatic rings. The zero-order valence-electron chi connectivity index (χ0n) is 8.68. The maximum Gasteiger partial charge on any atom is 0.0892 e. The lowest BCUT2D eigenvalue weighted by molar-refractivity contribution is 0.129. The summed E-state index contributed by atoms with van der Waals surface area (Å²) in [6.45, 7) is 7.55. The molecule has 0 aromatic carbocycles. The van der Waals surface area contributed by atoms with E-state index in [2.05, 4.69) is 6.58 Å². The van der Waals surface area contributed by atoms with Crippen LogP contribution in [0.5, 0.6) is 0 Å². The molecule has 0 aliphatic heterocycles. The lowest BCUT2D eigenvalue weighted by Crippen LogP contribution is -2.21. The second-order valence-corrected chi connectivity index (χ2v) is 5.76. The summed E-state index contributed by atoms with van der Waals surface area (Å²) in [7, 11) is 0. The topological polar surface area (TPSA) is 20.2 Å². The molecule has 0 amide bonds. The molecule has 0 atom stereocenters. The quantitative estimate of drug-likeness (QED) is 0.754. The molecule has 0 bridgehead atoms. The van der Waals surface area contributed by atoms with E-state index < -0.39 is 5.60 Å². The van der Waals surface area contributed by atoms with Gasteiger partial charge in [-0.3, -0.25) is 0 Å². The van der Waals surface area contributed by atoms with E-state index in [1.807, 2.05) is 13.8 Å². The summed E-state index contributed by atoms with van der Waals surface area (Å²) in [6.07, 6.45) is 6.65. The van der Waals surface area contributed by atoms with Gasteiger partial charge >= 0.3 is 0 Å². The fraction of sp³-hybridized carbons (Fsp3) is 0.818. The van der Waals surface area contributed by atoms with Crippen LogP contribution in [0.1, 0.15) is 46.0 Å². The number of rotatable bonds is 3. The highest BCUT2D eigenvalue weighted by atomic mass is 32.2. The Kier molecular flexibility index (Phi) is 3.87. The first-order chi connectivity index (χ1) is 6.00. The summed E-state index contributed by atoms with van der Waals surface area (Å²) in [6, 6.07) is 0. The van der Waals surface area contributed by atoms with Gasteiger partial charge in [0.05, 0.1) is 5.60 Å². The smallest absolute Gasteiger partial charge is 0.0892 e. The first-order valence-corrected chi connectivity index (χ1v) is 5.96. The minimum atomic E-state index is -0.720. The summed E-state index contributed by atoms with van der Waals surface area (Å²) >= 11 is 1.78. The van der Waals surface area contributed by atoms with Gasteiger partial charge in [0.1, 0.15) is 0 Å². The zero-order valence-corrected chi connectivity index (χ0v) is 9.49. The van der Waals surface area contributed by atoms with Crippen LogP contribution in [0.25, 0.3) is 0 Å². The number of thioether (sulfide) groups is 1. The van der Waals surface area contributed by atoms with E-state index in [1.165, 1.54) is 32.1 Å². The van der Waals surface area contributed by atoms with E-state index in [-0.39, 0.29) is 0 Å². The van der Waals surface area contributed by atoms with Crippen molar-refractivity contribution in [1.29, 1.82) is 0 Å². The van der Waals surface area contributed by atoms with Crippen molar-refractivity contribution < 1.29 is 5.11 Å². The van der Waals surface area contributed by atoms with Crippen molar-refractivity contribution in [2.24, 2.45) is 0 Å². The SMILES string of the molecule is C=C(SC1CCCCC1)C(C)(C)O. The van der Waals surface area contributed by atoms with Gasteiger partial charge in [-0.1, -0.05) is 25.8 Å². The standard InChI is InChI=1S/C11H20OS/c1-9(11(2,3)12)13-10-7-5-4-6-8-10/h10,12H,1,4-8H2,2-3H3. The van der Waals surface area contributed by atoms with Crippen LogP contribution < -0.4 is 0 Å². The van der Waals surface area contributed by atoms with Crippen molar-refractivity contribution in [1.82, 2.24) is 0 Å². The van der Waals surface area contributed by atoms with Crippen molar-refractivity contribution in [3.63, 3.8) is 0 Å². The van der Waals surface area contributed by atoms with E-state index in [0.717, 1.165) is 4.91 Å². The second kappa shape index (κ2) is 4.52. The van der Waals surface area contributed by atoms with Crippen molar-refractivity contribution in [2.45, 2.75) is 56.8 Å². The van der Waals surface area contributed by atoms with Crippen LogP contribution in [-0.4, -0.2) is 16.0 Å². The molecule has 2 heteroatoms. The lowest BCUT2D eigenvalue weighted by Gasteiger charge is -2.26. The molecule has 1 rings (SSSR count). The molecule has 0 aromatic heterocycles. The van der Waals surface area contributed by atoms with Gasteiger partial charge in [-0.15, -0.1) is 11.8 Å². The molecule has 76 valence electrons. The monoisotopic (exact) mass is 200 g/mol. The van der Waals surface area contributed by atoms with Gasteiger partial charge in [0.25, 0.3) is 0 Å². The highest BCUT2D eigenvalue weighted by Crippen LogP contribution is 2.36. The first-order valence-electron chi connectivity index (χ1n) is 5.08. The molecule has 0 spiro atoms. The number of hydrogen-bond acceptors (Lipinski definition) is 2. The van der Waals surface area contributed by atoms with Crippen LogP contribution in [0.4, 0.5) is 0 Å². The van der Waals surface area contributed by atoms with Gasteiger partial charge in [-0.2, -0.15) is 0 Å². The van der Waals surface area contributed by atoms with E-state index in [0.29, 0.717) is 5.25 Å². The summed E-state index contributed by atoms with van der Waals surface area (Å²) in [4.78, 5) is 0.916. The molecule has 1 aliphatic carbocycles. The van der Waals surface area contributed by atoms with Gasteiger partial charge in [0, 0.05) is 10.2 Å². The summed E-state index contributed by atoms with van der Waals surface area (Å²) in [5.74, 6) is 0. The Hall–Kier alpha value is 0.0500. The third-order valence-electron chi connectivity index (χ3n) is 2.54. The van der Waals surface area contributed by atoms with Gasteiger partial charge in [-0.05, 0) is 26.7 Å². The van der Waals surface area contributed by atoms with Crippen LogP contribution in [0.2, 0.25) is 0 Å². The maximum absolute atomic E-state index is 9.70. The van der Waals surface area contributed by atoms with Crippen molar-refractivity contribution >= 4 is 11.8 Å². The summed E-state index contributed by atoms with van der Waals surface area (Å²) < 4.78 is 0. The Balaban J connectivity index is 2.35. The fourth-order valence-electron chi connectivity index (χ4n) is 1.53. The zero-order chi connectivity index (χ0) is 9.90. The number of hydrogen-bond donors (Lipinski definition) is 1. The molecule has 13 heavy (non-hydrogen) atoms. The summed E-state index contributed by atoms with van der Waals surface area (Å²) in [5, 5.41) is 10.4. The van der Waals surface area contributed by atoms with Crippen molar-refractivity contribution in [3.8, 4) is 0 Å². The normalized spacial score (nSPS) is 20.2. The molecular weight excluding hydrogens is 180 g/mol. The Labute approximate surface area is 85.6 Å². The molecule has 1 N–H and O–H groups in total. The highest BCUT2D eigenvalue weighted by molar-refractivity contribution is 8.03. The molecule has 0 radical (unpaired) electrons. The van der Waals surface area contributed by atoms with Crippen LogP contribution in [0.15, 0.2) is 11.5 Å². The Bertz CT molecular complexity index is 175. The third-order valence-corrected chi connectivity index (χ3v) is 4.13.